The van der Waals surface area contributed by atoms with Crippen LogP contribution in [0.5, 0.6) is 0 Å². The number of hydrogen-bond donors (Lipinski definition) is 0. The van der Waals surface area contributed by atoms with Crippen molar-refractivity contribution in [2.24, 2.45) is 0 Å². The van der Waals surface area contributed by atoms with Crippen molar-refractivity contribution in [3.05, 3.63) is 20.2 Å². The number of aromatic nitrogens is 2. The van der Waals surface area contributed by atoms with E-state index in [-0.39, 0.29) is 0 Å². The van der Waals surface area contributed by atoms with Crippen LogP contribution in [0.3, 0.4) is 0 Å². The highest BCUT2D eigenvalue weighted by atomic mass is 127. The van der Waals surface area contributed by atoms with Crippen LogP contribution in [0.15, 0.2) is 6.20 Å². The predicted molar refractivity (Wildman–Crippen MR) is 44.8 cm³/mol. The van der Waals surface area contributed by atoms with E-state index in [1.54, 1.807) is 0 Å². The predicted octanol–water partition coefficient (Wildman–Crippen LogP) is 2.39. The van der Waals surface area contributed by atoms with Crippen LogP contribution in [-0.2, 0) is 0 Å². The highest BCUT2D eigenvalue weighted by Gasteiger charge is 1.97. The Morgan fingerprint density at radius 2 is 2.11 bits per heavy atom. The Hall–Kier alpha value is 0.390. The second-order valence-electron chi connectivity index (χ2n) is 1.27. The molecule has 9 heavy (non-hydrogen) atoms. The molecule has 2 nitrogen and oxygen atoms in total. The fourth-order valence-corrected chi connectivity index (χ4v) is 1.10. The summed E-state index contributed by atoms with van der Waals surface area (Å²) in [7, 11) is 0. The molecule has 0 aliphatic heterocycles. The van der Waals surface area contributed by atoms with Gasteiger partial charge in [0.2, 0.25) is 0 Å². The normalized spacial score (nSPS) is 9.67. The summed E-state index contributed by atoms with van der Waals surface area (Å²) in [6.45, 7) is 0. The van der Waals surface area contributed by atoms with E-state index >= 15 is 0 Å². The molecule has 0 aliphatic rings. The summed E-state index contributed by atoms with van der Waals surface area (Å²) in [6.07, 6.45) is 1.41. The van der Waals surface area contributed by atoms with Crippen LogP contribution in [0.2, 0.25) is 10.3 Å². The van der Waals surface area contributed by atoms with E-state index < -0.39 is 0 Å². The van der Waals surface area contributed by atoms with Crippen LogP contribution in [0.1, 0.15) is 0 Å². The second-order valence-corrected chi connectivity index (χ2v) is 3.04. The third kappa shape index (κ3) is 1.91. The first-order valence-electron chi connectivity index (χ1n) is 2.03. The average Bonchev–Trinajstić information content (AvgIpc) is 1.80. The van der Waals surface area contributed by atoms with E-state index in [1.807, 2.05) is 22.6 Å². The molecule has 0 atom stereocenters. The molecule has 0 unspecified atom stereocenters. The van der Waals surface area contributed by atoms with E-state index in [9.17, 15) is 0 Å². The van der Waals surface area contributed by atoms with Gasteiger partial charge in [0.15, 0.2) is 5.15 Å². The smallest absolute Gasteiger partial charge is 0.161 e. The molecule has 0 aliphatic carbocycles. The van der Waals surface area contributed by atoms with Crippen LogP contribution in [0.25, 0.3) is 0 Å². The Kier molecular flexibility index (Phi) is 2.49. The van der Waals surface area contributed by atoms with Gasteiger partial charge in [-0.2, -0.15) is 0 Å². The molecular weight excluding hydrogens is 274 g/mol. The Balaban J connectivity index is 3.17. The third-order valence-electron chi connectivity index (χ3n) is 0.660. The van der Waals surface area contributed by atoms with Crippen molar-refractivity contribution in [1.82, 2.24) is 9.97 Å². The molecule has 0 spiro atoms. The average molecular weight is 275 g/mol. The maximum atomic E-state index is 5.54. The fraction of sp³-hybridized carbons (Fsp3) is 0. The highest BCUT2D eigenvalue weighted by Crippen LogP contribution is 2.14. The first-order valence-corrected chi connectivity index (χ1v) is 3.87. The Labute approximate surface area is 75.7 Å². The van der Waals surface area contributed by atoms with Gasteiger partial charge in [-0.05, 0) is 22.6 Å². The van der Waals surface area contributed by atoms with Crippen molar-refractivity contribution in [2.45, 2.75) is 0 Å². The minimum absolute atomic E-state index is 0.365. The van der Waals surface area contributed by atoms with Gasteiger partial charge >= 0.3 is 0 Å². The molecule has 1 aromatic rings. The van der Waals surface area contributed by atoms with Crippen molar-refractivity contribution in [1.29, 1.82) is 0 Å². The van der Waals surface area contributed by atoms with Gasteiger partial charge in [-0.15, -0.1) is 0 Å². The number of hydrogen-bond acceptors (Lipinski definition) is 2. The molecule has 1 aromatic heterocycles. The Bertz CT molecular complexity index is 228. The lowest BCUT2D eigenvalue weighted by atomic mass is 10.8. The van der Waals surface area contributed by atoms with E-state index in [0.29, 0.717) is 14.0 Å². The molecule has 0 aromatic carbocycles. The summed E-state index contributed by atoms with van der Waals surface area (Å²) in [4.78, 5) is 7.57. The van der Waals surface area contributed by atoms with Crippen molar-refractivity contribution in [3.63, 3.8) is 0 Å². The summed E-state index contributed by atoms with van der Waals surface area (Å²) in [5.74, 6) is 0. The maximum Gasteiger partial charge on any atom is 0.161 e. The van der Waals surface area contributed by atoms with Crippen molar-refractivity contribution in [2.75, 3.05) is 0 Å². The van der Waals surface area contributed by atoms with Gasteiger partial charge in [-0.1, -0.05) is 23.2 Å². The lowest BCUT2D eigenvalue weighted by Gasteiger charge is -1.91. The zero-order chi connectivity index (χ0) is 6.85. The number of halogens is 3. The standard InChI is InChI=1S/C4HCl2IN2/c5-2-1-8-3(6)4(7)9-2/h1H. The molecule has 0 amide bonds. The zero-order valence-electron chi connectivity index (χ0n) is 4.11. The van der Waals surface area contributed by atoms with Crippen molar-refractivity contribution < 1.29 is 0 Å². The topological polar surface area (TPSA) is 25.8 Å². The van der Waals surface area contributed by atoms with Gasteiger partial charge in [0.25, 0.3) is 0 Å². The monoisotopic (exact) mass is 274 g/mol. The molecule has 1 rings (SSSR count). The second kappa shape index (κ2) is 2.98. The summed E-state index contributed by atoms with van der Waals surface area (Å²) < 4.78 is 0.627. The Morgan fingerprint density at radius 3 is 2.56 bits per heavy atom. The minimum atomic E-state index is 0.365. The first kappa shape index (κ1) is 7.50. The number of nitrogens with zero attached hydrogens (tertiary/aromatic N) is 2. The summed E-state index contributed by atoms with van der Waals surface area (Å²) >= 11 is 13.0. The van der Waals surface area contributed by atoms with Crippen LogP contribution >= 0.6 is 45.8 Å². The summed E-state index contributed by atoms with van der Waals surface area (Å²) in [5.41, 5.74) is 0. The lowest BCUT2D eigenvalue weighted by Crippen LogP contribution is -1.85. The summed E-state index contributed by atoms with van der Waals surface area (Å²) in [5, 5.41) is 0.754. The largest absolute Gasteiger partial charge is 0.239 e. The van der Waals surface area contributed by atoms with Gasteiger partial charge < -0.3 is 0 Å². The zero-order valence-corrected chi connectivity index (χ0v) is 7.78. The molecule has 0 radical (unpaired) electrons. The fourth-order valence-electron chi connectivity index (χ4n) is 0.332. The highest BCUT2D eigenvalue weighted by molar-refractivity contribution is 14.1. The SMILES string of the molecule is Clc1cnc(Cl)c(I)n1. The molecule has 0 bridgehead atoms. The molecule has 48 valence electrons. The third-order valence-corrected chi connectivity index (χ3v) is 2.19. The van der Waals surface area contributed by atoms with Gasteiger partial charge in [-0.25, -0.2) is 9.97 Å². The van der Waals surface area contributed by atoms with Crippen LogP contribution in [0, 0.1) is 3.70 Å². The first-order chi connectivity index (χ1) is 4.20. The van der Waals surface area contributed by atoms with Gasteiger partial charge in [0.1, 0.15) is 8.85 Å². The van der Waals surface area contributed by atoms with Crippen molar-refractivity contribution >= 4 is 45.8 Å². The van der Waals surface area contributed by atoms with Crippen LogP contribution in [0.4, 0.5) is 0 Å². The van der Waals surface area contributed by atoms with E-state index in [1.165, 1.54) is 6.20 Å². The molecule has 1 heterocycles. The molecule has 0 saturated carbocycles. The van der Waals surface area contributed by atoms with Crippen LogP contribution in [-0.4, -0.2) is 9.97 Å². The van der Waals surface area contributed by atoms with Gasteiger partial charge in [0, 0.05) is 0 Å². The van der Waals surface area contributed by atoms with E-state index in [2.05, 4.69) is 9.97 Å². The molecule has 0 saturated heterocycles. The summed E-state index contributed by atoms with van der Waals surface area (Å²) in [6, 6.07) is 0. The minimum Gasteiger partial charge on any atom is -0.239 e. The maximum absolute atomic E-state index is 5.54. The van der Waals surface area contributed by atoms with E-state index in [0.717, 1.165) is 0 Å². The lowest BCUT2D eigenvalue weighted by molar-refractivity contribution is 1.16. The Morgan fingerprint density at radius 1 is 1.44 bits per heavy atom. The van der Waals surface area contributed by atoms with Crippen LogP contribution < -0.4 is 0 Å². The number of rotatable bonds is 0. The molecular formula is C4HCl2IN2. The molecule has 0 fully saturated rings. The van der Waals surface area contributed by atoms with Crippen molar-refractivity contribution in [3.8, 4) is 0 Å². The van der Waals surface area contributed by atoms with E-state index in [4.69, 9.17) is 23.2 Å². The quantitative estimate of drug-likeness (QED) is 0.679. The molecule has 5 heteroatoms. The van der Waals surface area contributed by atoms with Gasteiger partial charge in [0.05, 0.1) is 6.20 Å². The van der Waals surface area contributed by atoms with Gasteiger partial charge in [-0.3, -0.25) is 0 Å². The molecule has 0 N–H and O–H groups in total.